The lowest BCUT2D eigenvalue weighted by Crippen LogP contribution is -2.58. The largest absolute Gasteiger partial charge is 0.508 e. The van der Waals surface area contributed by atoms with Gasteiger partial charge in [-0.1, -0.05) is 62.2 Å². The van der Waals surface area contributed by atoms with Gasteiger partial charge in [-0.2, -0.15) is 0 Å². The van der Waals surface area contributed by atoms with Crippen molar-refractivity contribution in [3.05, 3.63) is 65.7 Å². The van der Waals surface area contributed by atoms with Crippen molar-refractivity contribution >= 4 is 0 Å². The van der Waals surface area contributed by atoms with Gasteiger partial charge >= 0.3 is 0 Å². The smallest absolute Gasteiger partial charge is 0.115 e. The average molecular weight is 350 g/mol. The molecule has 1 N–H and O–H groups in total. The summed E-state index contributed by atoms with van der Waals surface area (Å²) in [5, 5.41) is 10.1. The van der Waals surface area contributed by atoms with Crippen molar-refractivity contribution in [2.24, 2.45) is 5.41 Å². The maximum absolute atomic E-state index is 10.1. The molecule has 1 aliphatic heterocycles. The summed E-state index contributed by atoms with van der Waals surface area (Å²) >= 11 is 0. The van der Waals surface area contributed by atoms with Gasteiger partial charge in [0.2, 0.25) is 0 Å². The second-order valence-electron chi connectivity index (χ2n) is 8.66. The topological polar surface area (TPSA) is 23.5 Å². The van der Waals surface area contributed by atoms with Gasteiger partial charge in [-0.15, -0.1) is 0 Å². The fourth-order valence-corrected chi connectivity index (χ4v) is 5.63. The van der Waals surface area contributed by atoms with Crippen molar-refractivity contribution in [2.45, 2.75) is 50.9 Å². The Morgan fingerprint density at radius 1 is 0.962 bits per heavy atom. The van der Waals surface area contributed by atoms with Crippen molar-refractivity contribution in [1.82, 2.24) is 4.90 Å². The molecule has 0 bridgehead atoms. The molecular formula is C24H31NO. The van der Waals surface area contributed by atoms with E-state index in [-0.39, 0.29) is 5.41 Å². The molecule has 2 unspecified atom stereocenters. The molecule has 0 aromatic heterocycles. The van der Waals surface area contributed by atoms with Gasteiger partial charge in [-0.25, -0.2) is 0 Å². The van der Waals surface area contributed by atoms with E-state index < -0.39 is 0 Å². The minimum atomic E-state index is 0.229. The Labute approximate surface area is 157 Å². The van der Waals surface area contributed by atoms with E-state index in [0.717, 1.165) is 19.5 Å². The van der Waals surface area contributed by atoms with E-state index in [1.165, 1.54) is 49.8 Å². The van der Waals surface area contributed by atoms with Gasteiger partial charge in [-0.3, -0.25) is 0 Å². The summed E-state index contributed by atoms with van der Waals surface area (Å²) in [5.41, 5.74) is 3.33. The van der Waals surface area contributed by atoms with Crippen LogP contribution < -0.4 is 0 Å². The third kappa shape index (κ3) is 3.16. The Morgan fingerprint density at radius 3 is 2.58 bits per heavy atom. The summed E-state index contributed by atoms with van der Waals surface area (Å²) in [7, 11) is 0. The Hall–Kier alpha value is -1.80. The molecule has 2 aromatic carbocycles. The first kappa shape index (κ1) is 17.6. The quantitative estimate of drug-likeness (QED) is 0.824. The molecule has 26 heavy (non-hydrogen) atoms. The number of likely N-dealkylation sites (tertiary alicyclic amines) is 1. The molecule has 138 valence electrons. The standard InChI is InChI=1S/C24H31NO/c1-23-13-5-6-14-24(23,21-10-7-11-22(26)18-21)15-17-25(19-23)16-12-20-8-3-2-4-9-20/h2-4,7-11,18,26H,5-6,12-17,19H2,1H3. The Morgan fingerprint density at radius 2 is 1.77 bits per heavy atom. The van der Waals surface area contributed by atoms with Gasteiger partial charge in [0.05, 0.1) is 0 Å². The fourth-order valence-electron chi connectivity index (χ4n) is 5.63. The zero-order chi connectivity index (χ0) is 18.0. The molecule has 2 nitrogen and oxygen atoms in total. The van der Waals surface area contributed by atoms with E-state index >= 15 is 0 Å². The summed E-state index contributed by atoms with van der Waals surface area (Å²) in [6, 6.07) is 19.0. The van der Waals surface area contributed by atoms with Crippen LogP contribution in [0.15, 0.2) is 54.6 Å². The molecule has 1 aliphatic carbocycles. The number of hydrogen-bond donors (Lipinski definition) is 1. The summed E-state index contributed by atoms with van der Waals surface area (Å²) in [4.78, 5) is 2.68. The van der Waals surface area contributed by atoms with Crippen molar-refractivity contribution < 1.29 is 5.11 Å². The number of phenols is 1. The first-order valence-corrected chi connectivity index (χ1v) is 10.2. The summed E-state index contributed by atoms with van der Waals surface area (Å²) < 4.78 is 0. The minimum Gasteiger partial charge on any atom is -0.508 e. The van der Waals surface area contributed by atoms with E-state index in [1.54, 1.807) is 6.07 Å². The van der Waals surface area contributed by atoms with Crippen molar-refractivity contribution in [3.63, 3.8) is 0 Å². The number of fused-ring (bicyclic) bond motifs is 1. The van der Waals surface area contributed by atoms with Crippen LogP contribution in [0, 0.1) is 5.41 Å². The SMILES string of the molecule is CC12CCCCC1(c1cccc(O)c1)CCN(CCc1ccccc1)C2. The summed E-state index contributed by atoms with van der Waals surface area (Å²) in [5.74, 6) is 0.413. The van der Waals surface area contributed by atoms with Crippen LogP contribution in [-0.4, -0.2) is 29.6 Å². The van der Waals surface area contributed by atoms with Gasteiger partial charge in [-0.05, 0) is 60.9 Å². The van der Waals surface area contributed by atoms with Crippen molar-refractivity contribution in [2.75, 3.05) is 19.6 Å². The number of piperidine rings is 1. The molecular weight excluding hydrogens is 318 g/mol. The van der Waals surface area contributed by atoms with Gasteiger partial charge in [0.15, 0.2) is 0 Å². The van der Waals surface area contributed by atoms with Gasteiger partial charge < -0.3 is 10.0 Å². The molecule has 0 spiro atoms. The van der Waals surface area contributed by atoms with Crippen LogP contribution in [0.3, 0.4) is 0 Å². The zero-order valence-electron chi connectivity index (χ0n) is 16.0. The number of nitrogens with zero attached hydrogens (tertiary/aromatic N) is 1. The van der Waals surface area contributed by atoms with Gasteiger partial charge in [0.25, 0.3) is 0 Å². The molecule has 2 aromatic rings. The third-order valence-electron chi connectivity index (χ3n) is 7.12. The Bertz CT molecular complexity index is 743. The fraction of sp³-hybridized carbons (Fsp3) is 0.500. The van der Waals surface area contributed by atoms with Crippen molar-refractivity contribution in [3.8, 4) is 5.75 Å². The normalized spacial score (nSPS) is 29.3. The molecule has 2 fully saturated rings. The van der Waals surface area contributed by atoms with E-state index in [0.29, 0.717) is 11.2 Å². The highest BCUT2D eigenvalue weighted by Gasteiger charge is 2.53. The zero-order valence-corrected chi connectivity index (χ0v) is 16.0. The van der Waals surface area contributed by atoms with Gasteiger partial charge in [0, 0.05) is 18.5 Å². The molecule has 2 atom stereocenters. The van der Waals surface area contributed by atoms with E-state index in [1.807, 2.05) is 12.1 Å². The second-order valence-corrected chi connectivity index (χ2v) is 8.66. The monoisotopic (exact) mass is 349 g/mol. The lowest BCUT2D eigenvalue weighted by Gasteiger charge is -2.58. The number of benzene rings is 2. The molecule has 1 saturated carbocycles. The van der Waals surface area contributed by atoms with Crippen LogP contribution in [0.4, 0.5) is 0 Å². The average Bonchev–Trinajstić information content (AvgIpc) is 2.66. The summed E-state index contributed by atoms with van der Waals surface area (Å²) in [6.07, 6.45) is 7.56. The highest BCUT2D eigenvalue weighted by Crippen LogP contribution is 2.56. The Kier molecular flexibility index (Phi) is 4.79. The van der Waals surface area contributed by atoms with Crippen LogP contribution in [0.1, 0.15) is 50.2 Å². The van der Waals surface area contributed by atoms with Crippen LogP contribution in [0.5, 0.6) is 5.75 Å². The van der Waals surface area contributed by atoms with E-state index in [4.69, 9.17) is 0 Å². The van der Waals surface area contributed by atoms with Crippen LogP contribution >= 0.6 is 0 Å². The first-order chi connectivity index (χ1) is 12.6. The molecule has 4 rings (SSSR count). The van der Waals surface area contributed by atoms with Crippen LogP contribution in [0.25, 0.3) is 0 Å². The molecule has 2 aliphatic rings. The van der Waals surface area contributed by atoms with Crippen LogP contribution in [-0.2, 0) is 11.8 Å². The predicted octanol–water partition coefficient (Wildman–Crippen LogP) is 5.16. The number of hydrogen-bond acceptors (Lipinski definition) is 2. The van der Waals surface area contributed by atoms with Crippen molar-refractivity contribution in [1.29, 1.82) is 0 Å². The molecule has 0 amide bonds. The lowest BCUT2D eigenvalue weighted by molar-refractivity contribution is -0.0208. The first-order valence-electron chi connectivity index (χ1n) is 10.2. The predicted molar refractivity (Wildman–Crippen MR) is 108 cm³/mol. The molecule has 1 heterocycles. The van der Waals surface area contributed by atoms with Crippen LogP contribution in [0.2, 0.25) is 0 Å². The lowest BCUT2D eigenvalue weighted by atomic mass is 9.51. The van der Waals surface area contributed by atoms with E-state index in [9.17, 15) is 5.11 Å². The molecule has 1 saturated heterocycles. The third-order valence-corrected chi connectivity index (χ3v) is 7.12. The Balaban J connectivity index is 1.54. The summed E-state index contributed by atoms with van der Waals surface area (Å²) in [6.45, 7) is 5.99. The highest BCUT2D eigenvalue weighted by molar-refractivity contribution is 5.36. The molecule has 0 radical (unpaired) electrons. The highest BCUT2D eigenvalue weighted by atomic mass is 16.3. The maximum Gasteiger partial charge on any atom is 0.115 e. The number of aromatic hydroxyl groups is 1. The van der Waals surface area contributed by atoms with Gasteiger partial charge in [0.1, 0.15) is 5.75 Å². The second kappa shape index (κ2) is 7.08. The number of rotatable bonds is 4. The maximum atomic E-state index is 10.1. The minimum absolute atomic E-state index is 0.229. The van der Waals surface area contributed by atoms with E-state index in [2.05, 4.69) is 48.2 Å². The number of phenolic OH excluding ortho intramolecular Hbond substituents is 1. The molecule has 2 heteroatoms.